The average Bonchev–Trinajstić information content (AvgIpc) is 2.42. The van der Waals surface area contributed by atoms with Crippen molar-refractivity contribution in [3.8, 4) is 5.75 Å². The van der Waals surface area contributed by atoms with Crippen LogP contribution in [0.4, 0.5) is 0 Å². The molecule has 0 unspecified atom stereocenters. The molecule has 0 saturated carbocycles. The zero-order chi connectivity index (χ0) is 12.8. The lowest BCUT2D eigenvalue weighted by atomic mass is 10.1. The van der Waals surface area contributed by atoms with Gasteiger partial charge in [-0.25, -0.2) is 0 Å². The van der Waals surface area contributed by atoms with Crippen LogP contribution < -0.4 is 10.5 Å². The van der Waals surface area contributed by atoms with Crippen LogP contribution in [0.5, 0.6) is 5.75 Å². The summed E-state index contributed by atoms with van der Waals surface area (Å²) in [6, 6.07) is 6.14. The third-order valence-corrected chi connectivity index (χ3v) is 3.26. The van der Waals surface area contributed by atoms with Crippen LogP contribution in [0.2, 0.25) is 0 Å². The van der Waals surface area contributed by atoms with E-state index >= 15 is 0 Å². The first kappa shape index (κ1) is 13.3. The van der Waals surface area contributed by atoms with Gasteiger partial charge in [-0.3, -0.25) is 4.90 Å². The van der Waals surface area contributed by atoms with Crippen LogP contribution >= 0.6 is 0 Å². The molecule has 100 valence electrons. The summed E-state index contributed by atoms with van der Waals surface area (Å²) >= 11 is 0. The number of aryl methyl sites for hydroxylation is 1. The Bertz CT molecular complexity index is 376. The Labute approximate surface area is 109 Å². The van der Waals surface area contributed by atoms with Gasteiger partial charge in [-0.05, 0) is 24.1 Å². The molecule has 4 nitrogen and oxygen atoms in total. The van der Waals surface area contributed by atoms with Crippen LogP contribution in [-0.4, -0.2) is 44.4 Å². The highest BCUT2D eigenvalue weighted by atomic mass is 16.5. The van der Waals surface area contributed by atoms with E-state index in [9.17, 15) is 0 Å². The lowest BCUT2D eigenvalue weighted by Gasteiger charge is -2.26. The van der Waals surface area contributed by atoms with Gasteiger partial charge in [-0.15, -0.1) is 0 Å². The summed E-state index contributed by atoms with van der Waals surface area (Å²) < 4.78 is 11.2. The normalized spacial score (nSPS) is 16.8. The quantitative estimate of drug-likeness (QED) is 0.852. The molecule has 0 spiro atoms. The molecule has 0 atom stereocenters. The summed E-state index contributed by atoms with van der Waals surface area (Å²) in [6.45, 7) is 7.97. The largest absolute Gasteiger partial charge is 0.492 e. The summed E-state index contributed by atoms with van der Waals surface area (Å²) in [4.78, 5) is 2.37. The van der Waals surface area contributed by atoms with E-state index in [1.807, 2.05) is 12.1 Å². The number of nitrogens with zero attached hydrogens (tertiary/aromatic N) is 1. The Hall–Kier alpha value is -1.10. The summed E-state index contributed by atoms with van der Waals surface area (Å²) in [5.41, 5.74) is 7.91. The van der Waals surface area contributed by atoms with E-state index in [2.05, 4.69) is 17.9 Å². The third kappa shape index (κ3) is 3.70. The van der Waals surface area contributed by atoms with Crippen LogP contribution in [-0.2, 0) is 11.3 Å². The van der Waals surface area contributed by atoms with Gasteiger partial charge >= 0.3 is 0 Å². The molecule has 0 aliphatic carbocycles. The maximum absolute atomic E-state index is 5.84. The molecule has 1 aromatic carbocycles. The molecular weight excluding hydrogens is 228 g/mol. The lowest BCUT2D eigenvalue weighted by Crippen LogP contribution is -2.38. The number of ether oxygens (including phenoxy) is 2. The molecule has 1 aromatic rings. The van der Waals surface area contributed by atoms with Crippen molar-refractivity contribution in [2.45, 2.75) is 13.5 Å². The molecule has 0 bridgehead atoms. The van der Waals surface area contributed by atoms with Crippen molar-refractivity contribution in [2.24, 2.45) is 5.73 Å². The highest BCUT2D eigenvalue weighted by molar-refractivity contribution is 5.36. The van der Waals surface area contributed by atoms with Crippen LogP contribution in [0.3, 0.4) is 0 Å². The molecule has 1 fully saturated rings. The highest BCUT2D eigenvalue weighted by Crippen LogP contribution is 2.19. The van der Waals surface area contributed by atoms with E-state index < -0.39 is 0 Å². The van der Waals surface area contributed by atoms with Crippen LogP contribution in [0, 0.1) is 6.92 Å². The smallest absolute Gasteiger partial charge is 0.122 e. The Morgan fingerprint density at radius 1 is 1.33 bits per heavy atom. The Balaban J connectivity index is 1.81. The maximum atomic E-state index is 5.84. The first-order valence-electron chi connectivity index (χ1n) is 6.52. The second-order valence-corrected chi connectivity index (χ2v) is 4.61. The van der Waals surface area contributed by atoms with Crippen molar-refractivity contribution in [3.63, 3.8) is 0 Å². The van der Waals surface area contributed by atoms with E-state index in [-0.39, 0.29) is 0 Å². The summed E-state index contributed by atoms with van der Waals surface area (Å²) in [7, 11) is 0. The minimum absolute atomic E-state index is 0.556. The molecule has 2 N–H and O–H groups in total. The first-order chi connectivity index (χ1) is 8.79. The molecule has 18 heavy (non-hydrogen) atoms. The van der Waals surface area contributed by atoms with Gasteiger partial charge in [0.2, 0.25) is 0 Å². The Morgan fingerprint density at radius 3 is 2.83 bits per heavy atom. The van der Waals surface area contributed by atoms with Crippen molar-refractivity contribution in [2.75, 3.05) is 39.5 Å². The maximum Gasteiger partial charge on any atom is 0.122 e. The number of benzene rings is 1. The van der Waals surface area contributed by atoms with Gasteiger partial charge < -0.3 is 15.2 Å². The monoisotopic (exact) mass is 250 g/mol. The van der Waals surface area contributed by atoms with E-state index in [1.54, 1.807) is 0 Å². The van der Waals surface area contributed by atoms with Crippen LogP contribution in [0.25, 0.3) is 0 Å². The predicted molar refractivity (Wildman–Crippen MR) is 71.8 cm³/mol. The molecule has 0 amide bonds. The highest BCUT2D eigenvalue weighted by Gasteiger charge is 2.10. The average molecular weight is 250 g/mol. The Kier molecular flexibility index (Phi) is 4.99. The summed E-state index contributed by atoms with van der Waals surface area (Å²) in [6.07, 6.45) is 0. The molecular formula is C14H22N2O2. The molecule has 1 heterocycles. The minimum atomic E-state index is 0.556. The molecule has 0 radical (unpaired) electrons. The van der Waals surface area contributed by atoms with Crippen LogP contribution in [0.1, 0.15) is 11.1 Å². The number of nitrogens with two attached hydrogens (primary N) is 1. The van der Waals surface area contributed by atoms with Gasteiger partial charge in [0.15, 0.2) is 0 Å². The van der Waals surface area contributed by atoms with E-state index in [0.717, 1.165) is 56.3 Å². The fourth-order valence-electron chi connectivity index (χ4n) is 2.04. The van der Waals surface area contributed by atoms with Crippen molar-refractivity contribution in [1.82, 2.24) is 4.90 Å². The molecule has 0 aromatic heterocycles. The number of rotatable bonds is 5. The number of morpholine rings is 1. The van der Waals surface area contributed by atoms with Crippen molar-refractivity contribution >= 4 is 0 Å². The molecule has 4 heteroatoms. The molecule has 1 aliphatic rings. The summed E-state index contributed by atoms with van der Waals surface area (Å²) in [5.74, 6) is 0.950. The standard InChI is InChI=1S/C14H22N2O2/c1-12-2-3-13(11-15)10-14(12)18-9-6-16-4-7-17-8-5-16/h2-3,10H,4-9,11,15H2,1H3. The van der Waals surface area contributed by atoms with Gasteiger partial charge in [0, 0.05) is 26.2 Å². The van der Waals surface area contributed by atoms with Gasteiger partial charge in [0.1, 0.15) is 12.4 Å². The fraction of sp³-hybridized carbons (Fsp3) is 0.571. The second-order valence-electron chi connectivity index (χ2n) is 4.61. The van der Waals surface area contributed by atoms with Gasteiger partial charge in [-0.2, -0.15) is 0 Å². The SMILES string of the molecule is Cc1ccc(CN)cc1OCCN1CCOCC1. The zero-order valence-corrected chi connectivity index (χ0v) is 11.0. The first-order valence-corrected chi connectivity index (χ1v) is 6.52. The fourth-order valence-corrected chi connectivity index (χ4v) is 2.04. The lowest BCUT2D eigenvalue weighted by molar-refractivity contribution is 0.0322. The van der Waals surface area contributed by atoms with Crippen molar-refractivity contribution in [3.05, 3.63) is 29.3 Å². The van der Waals surface area contributed by atoms with Gasteiger partial charge in [-0.1, -0.05) is 12.1 Å². The second kappa shape index (κ2) is 6.73. The third-order valence-electron chi connectivity index (χ3n) is 3.26. The van der Waals surface area contributed by atoms with Crippen molar-refractivity contribution in [1.29, 1.82) is 0 Å². The van der Waals surface area contributed by atoms with Gasteiger partial charge in [0.25, 0.3) is 0 Å². The van der Waals surface area contributed by atoms with Crippen molar-refractivity contribution < 1.29 is 9.47 Å². The zero-order valence-electron chi connectivity index (χ0n) is 11.0. The molecule has 1 saturated heterocycles. The number of hydrogen-bond acceptors (Lipinski definition) is 4. The summed E-state index contributed by atoms with van der Waals surface area (Å²) in [5, 5.41) is 0. The number of hydrogen-bond donors (Lipinski definition) is 1. The van der Waals surface area contributed by atoms with Gasteiger partial charge in [0.05, 0.1) is 13.2 Å². The molecule has 1 aliphatic heterocycles. The van der Waals surface area contributed by atoms with E-state index in [4.69, 9.17) is 15.2 Å². The van der Waals surface area contributed by atoms with E-state index in [0.29, 0.717) is 6.54 Å². The minimum Gasteiger partial charge on any atom is -0.492 e. The topological polar surface area (TPSA) is 47.7 Å². The molecule has 2 rings (SSSR count). The van der Waals surface area contributed by atoms with E-state index in [1.165, 1.54) is 0 Å². The Morgan fingerprint density at radius 2 is 2.11 bits per heavy atom. The van der Waals surface area contributed by atoms with Crippen LogP contribution in [0.15, 0.2) is 18.2 Å². The predicted octanol–water partition coefficient (Wildman–Crippen LogP) is 1.16.